The molecular weight excluding hydrogens is 246 g/mol. The van der Waals surface area contributed by atoms with Crippen LogP contribution in [0, 0.1) is 12.3 Å². The van der Waals surface area contributed by atoms with Gasteiger partial charge < -0.3 is 10.4 Å². The molecule has 1 aromatic rings. The number of carboxylic acid groups (broad SMARTS) is 1. The fourth-order valence-electron chi connectivity index (χ4n) is 2.74. The van der Waals surface area contributed by atoms with Gasteiger partial charge in [0.25, 0.3) is 0 Å². The van der Waals surface area contributed by atoms with E-state index in [0.717, 1.165) is 17.0 Å². The van der Waals surface area contributed by atoms with E-state index < -0.39 is 5.97 Å². The third-order valence-corrected chi connectivity index (χ3v) is 5.11. The van der Waals surface area contributed by atoms with Crippen LogP contribution < -0.4 is 5.32 Å². The summed E-state index contributed by atoms with van der Waals surface area (Å²) in [5.74, 6) is -0.824. The van der Waals surface area contributed by atoms with Crippen LogP contribution in [0.4, 0.5) is 0 Å². The van der Waals surface area contributed by atoms with Crippen LogP contribution in [-0.2, 0) is 6.54 Å². The van der Waals surface area contributed by atoms with Crippen molar-refractivity contribution in [3.63, 3.8) is 0 Å². The van der Waals surface area contributed by atoms with Crippen molar-refractivity contribution in [3.8, 4) is 0 Å². The standard InChI is InChI=1S/C14H21NO2S/c1-9-10(7-11(18-9)13(16)17)8-15-12-5-4-6-14(12,2)3/h7,12,15H,4-6,8H2,1-3H3,(H,16,17). The average molecular weight is 267 g/mol. The molecule has 1 unspecified atom stereocenters. The normalized spacial score (nSPS) is 22.3. The van der Waals surface area contributed by atoms with Gasteiger partial charge in [-0.25, -0.2) is 4.79 Å². The van der Waals surface area contributed by atoms with E-state index >= 15 is 0 Å². The monoisotopic (exact) mass is 267 g/mol. The molecule has 1 aliphatic rings. The maximum absolute atomic E-state index is 10.9. The molecule has 1 aliphatic carbocycles. The zero-order valence-electron chi connectivity index (χ0n) is 11.2. The number of hydrogen-bond acceptors (Lipinski definition) is 3. The molecule has 1 heterocycles. The van der Waals surface area contributed by atoms with Gasteiger partial charge in [0.15, 0.2) is 0 Å². The molecule has 0 radical (unpaired) electrons. The Morgan fingerprint density at radius 1 is 1.61 bits per heavy atom. The van der Waals surface area contributed by atoms with Crippen molar-refractivity contribution in [1.29, 1.82) is 0 Å². The molecule has 1 atom stereocenters. The first-order valence-electron chi connectivity index (χ1n) is 6.46. The molecule has 0 spiro atoms. The second-order valence-corrected chi connectivity index (χ2v) is 7.07. The van der Waals surface area contributed by atoms with E-state index in [2.05, 4.69) is 19.2 Å². The topological polar surface area (TPSA) is 49.3 Å². The van der Waals surface area contributed by atoms with Gasteiger partial charge in [0.1, 0.15) is 4.88 Å². The number of carboxylic acids is 1. The van der Waals surface area contributed by atoms with Crippen LogP contribution in [0.25, 0.3) is 0 Å². The van der Waals surface area contributed by atoms with Gasteiger partial charge in [-0.05, 0) is 36.8 Å². The highest BCUT2D eigenvalue weighted by molar-refractivity contribution is 7.14. The Morgan fingerprint density at radius 3 is 2.83 bits per heavy atom. The highest BCUT2D eigenvalue weighted by Gasteiger charge is 2.33. The summed E-state index contributed by atoms with van der Waals surface area (Å²) in [6, 6.07) is 2.35. The van der Waals surface area contributed by atoms with E-state index in [0.29, 0.717) is 16.3 Å². The quantitative estimate of drug-likeness (QED) is 0.878. The summed E-state index contributed by atoms with van der Waals surface area (Å²) >= 11 is 1.37. The number of aromatic carboxylic acids is 1. The lowest BCUT2D eigenvalue weighted by molar-refractivity contribution is 0.0702. The molecule has 1 saturated carbocycles. The van der Waals surface area contributed by atoms with Gasteiger partial charge in [0.05, 0.1) is 0 Å². The fourth-order valence-corrected chi connectivity index (χ4v) is 3.62. The van der Waals surface area contributed by atoms with Crippen LogP contribution in [0.3, 0.4) is 0 Å². The number of carbonyl (C=O) groups is 1. The SMILES string of the molecule is Cc1sc(C(=O)O)cc1CNC1CCCC1(C)C. The molecule has 3 nitrogen and oxygen atoms in total. The van der Waals surface area contributed by atoms with E-state index in [9.17, 15) is 4.79 Å². The van der Waals surface area contributed by atoms with Gasteiger partial charge in [-0.1, -0.05) is 20.3 Å². The van der Waals surface area contributed by atoms with Gasteiger partial charge in [0, 0.05) is 17.5 Å². The Kier molecular flexibility index (Phi) is 3.78. The predicted octanol–water partition coefficient (Wildman–Crippen LogP) is 3.42. The van der Waals surface area contributed by atoms with Crippen molar-refractivity contribution in [2.75, 3.05) is 0 Å². The first-order valence-corrected chi connectivity index (χ1v) is 7.28. The Labute approximate surface area is 112 Å². The molecule has 2 rings (SSSR count). The van der Waals surface area contributed by atoms with Crippen molar-refractivity contribution < 1.29 is 9.90 Å². The molecule has 0 bridgehead atoms. The highest BCUT2D eigenvalue weighted by Crippen LogP contribution is 2.37. The summed E-state index contributed by atoms with van der Waals surface area (Å²) < 4.78 is 0. The van der Waals surface area contributed by atoms with Crippen LogP contribution in [0.15, 0.2) is 6.07 Å². The van der Waals surface area contributed by atoms with E-state index in [4.69, 9.17) is 5.11 Å². The lowest BCUT2D eigenvalue weighted by atomic mass is 9.87. The molecular formula is C14H21NO2S. The molecule has 100 valence electrons. The summed E-state index contributed by atoms with van der Waals surface area (Å²) in [5.41, 5.74) is 1.49. The first-order chi connectivity index (χ1) is 8.40. The minimum atomic E-state index is -0.824. The molecule has 18 heavy (non-hydrogen) atoms. The minimum Gasteiger partial charge on any atom is -0.477 e. The molecule has 0 aromatic carbocycles. The fraction of sp³-hybridized carbons (Fsp3) is 0.643. The number of rotatable bonds is 4. The van der Waals surface area contributed by atoms with E-state index in [1.54, 1.807) is 6.07 Å². The Hall–Kier alpha value is -0.870. The smallest absolute Gasteiger partial charge is 0.345 e. The van der Waals surface area contributed by atoms with Gasteiger partial charge in [-0.15, -0.1) is 11.3 Å². The second kappa shape index (κ2) is 5.02. The molecule has 0 aliphatic heterocycles. The van der Waals surface area contributed by atoms with Crippen molar-refractivity contribution >= 4 is 17.3 Å². The van der Waals surface area contributed by atoms with Gasteiger partial charge in [-0.2, -0.15) is 0 Å². The molecule has 2 N–H and O–H groups in total. The number of aryl methyl sites for hydroxylation is 1. The number of hydrogen-bond donors (Lipinski definition) is 2. The zero-order chi connectivity index (χ0) is 13.3. The van der Waals surface area contributed by atoms with Crippen LogP contribution >= 0.6 is 11.3 Å². The van der Waals surface area contributed by atoms with Crippen molar-refractivity contribution in [2.24, 2.45) is 5.41 Å². The summed E-state index contributed by atoms with van der Waals surface area (Å²) in [6.45, 7) is 7.39. The van der Waals surface area contributed by atoms with Gasteiger partial charge in [0.2, 0.25) is 0 Å². The lowest BCUT2D eigenvalue weighted by Crippen LogP contribution is -2.37. The maximum atomic E-state index is 10.9. The summed E-state index contributed by atoms with van der Waals surface area (Å²) in [7, 11) is 0. The predicted molar refractivity (Wildman–Crippen MR) is 74.3 cm³/mol. The van der Waals surface area contributed by atoms with E-state index in [1.807, 2.05) is 6.92 Å². The number of nitrogens with one attached hydrogen (secondary N) is 1. The molecule has 0 saturated heterocycles. The number of thiophene rings is 1. The summed E-state index contributed by atoms with van der Waals surface area (Å²) in [5, 5.41) is 12.6. The first kappa shape index (κ1) is 13.6. The average Bonchev–Trinajstić information content (AvgIpc) is 2.79. The summed E-state index contributed by atoms with van der Waals surface area (Å²) in [4.78, 5) is 12.5. The Morgan fingerprint density at radius 2 is 2.33 bits per heavy atom. The second-order valence-electron chi connectivity index (χ2n) is 5.81. The third-order valence-electron chi connectivity index (χ3n) is 4.03. The van der Waals surface area contributed by atoms with Gasteiger partial charge in [-0.3, -0.25) is 0 Å². The van der Waals surface area contributed by atoms with Crippen LogP contribution in [0.1, 0.15) is 53.2 Å². The van der Waals surface area contributed by atoms with Crippen LogP contribution in [0.2, 0.25) is 0 Å². The van der Waals surface area contributed by atoms with Crippen molar-refractivity contribution in [1.82, 2.24) is 5.32 Å². The van der Waals surface area contributed by atoms with Crippen LogP contribution in [0.5, 0.6) is 0 Å². The largest absolute Gasteiger partial charge is 0.477 e. The highest BCUT2D eigenvalue weighted by atomic mass is 32.1. The minimum absolute atomic E-state index is 0.361. The molecule has 4 heteroatoms. The van der Waals surface area contributed by atoms with Crippen LogP contribution in [-0.4, -0.2) is 17.1 Å². The van der Waals surface area contributed by atoms with Gasteiger partial charge >= 0.3 is 5.97 Å². The van der Waals surface area contributed by atoms with E-state index in [-0.39, 0.29) is 0 Å². The lowest BCUT2D eigenvalue weighted by Gasteiger charge is -2.28. The summed E-state index contributed by atoms with van der Waals surface area (Å²) in [6.07, 6.45) is 3.78. The zero-order valence-corrected chi connectivity index (χ0v) is 12.1. The Balaban J connectivity index is 2.00. The van der Waals surface area contributed by atoms with Crippen molar-refractivity contribution in [3.05, 3.63) is 21.4 Å². The molecule has 1 fully saturated rings. The molecule has 1 aromatic heterocycles. The van der Waals surface area contributed by atoms with E-state index in [1.165, 1.54) is 30.6 Å². The molecule has 0 amide bonds. The Bertz CT molecular complexity index is 451. The maximum Gasteiger partial charge on any atom is 0.345 e. The third kappa shape index (κ3) is 2.75. The van der Waals surface area contributed by atoms with Crippen molar-refractivity contribution in [2.45, 2.75) is 52.6 Å².